The maximum absolute atomic E-state index is 10.7. The molecule has 0 amide bonds. The number of aromatic nitrogens is 1. The molecule has 0 bridgehead atoms. The molecular formula is C12H19N3O3. The van der Waals surface area contributed by atoms with E-state index in [0.717, 1.165) is 13.0 Å². The second-order valence-corrected chi connectivity index (χ2v) is 4.38. The Morgan fingerprint density at radius 3 is 3.00 bits per heavy atom. The van der Waals surface area contributed by atoms with E-state index in [4.69, 9.17) is 4.74 Å². The SMILES string of the molecule is CC(C)COCCCNc1ncccc1[N+](=O)[O-]. The van der Waals surface area contributed by atoms with Crippen molar-refractivity contribution in [1.82, 2.24) is 4.98 Å². The van der Waals surface area contributed by atoms with Gasteiger partial charge in [0.05, 0.1) is 4.92 Å². The van der Waals surface area contributed by atoms with Crippen LogP contribution in [0.3, 0.4) is 0 Å². The van der Waals surface area contributed by atoms with Gasteiger partial charge in [0.25, 0.3) is 0 Å². The van der Waals surface area contributed by atoms with Gasteiger partial charge in [0.2, 0.25) is 5.82 Å². The van der Waals surface area contributed by atoms with Gasteiger partial charge < -0.3 is 10.1 Å². The lowest BCUT2D eigenvalue weighted by Gasteiger charge is -2.08. The Hall–Kier alpha value is -1.69. The molecule has 1 rings (SSSR count). The number of pyridine rings is 1. The van der Waals surface area contributed by atoms with Crippen LogP contribution in [-0.2, 0) is 4.74 Å². The zero-order valence-electron chi connectivity index (χ0n) is 10.8. The van der Waals surface area contributed by atoms with Crippen molar-refractivity contribution in [3.8, 4) is 0 Å². The third-order valence-corrected chi connectivity index (χ3v) is 2.19. The summed E-state index contributed by atoms with van der Waals surface area (Å²) in [5, 5.41) is 13.7. The highest BCUT2D eigenvalue weighted by Crippen LogP contribution is 2.19. The number of nitrogens with one attached hydrogen (secondary N) is 1. The molecule has 0 unspecified atom stereocenters. The lowest BCUT2D eigenvalue weighted by Crippen LogP contribution is -2.10. The third-order valence-electron chi connectivity index (χ3n) is 2.19. The Bertz CT molecular complexity index is 383. The zero-order chi connectivity index (χ0) is 13.4. The van der Waals surface area contributed by atoms with Crippen LogP contribution >= 0.6 is 0 Å². The Labute approximate surface area is 107 Å². The van der Waals surface area contributed by atoms with Gasteiger partial charge in [-0.25, -0.2) is 4.98 Å². The average Bonchev–Trinajstić information content (AvgIpc) is 2.33. The van der Waals surface area contributed by atoms with Gasteiger partial charge in [-0.3, -0.25) is 10.1 Å². The van der Waals surface area contributed by atoms with Crippen LogP contribution in [0.2, 0.25) is 0 Å². The van der Waals surface area contributed by atoms with Crippen molar-refractivity contribution in [2.24, 2.45) is 5.92 Å². The summed E-state index contributed by atoms with van der Waals surface area (Å²) < 4.78 is 5.42. The molecule has 100 valence electrons. The molecule has 0 spiro atoms. The fraction of sp³-hybridized carbons (Fsp3) is 0.583. The fourth-order valence-corrected chi connectivity index (χ4v) is 1.38. The Balaban J connectivity index is 2.29. The number of nitro groups is 1. The van der Waals surface area contributed by atoms with Crippen molar-refractivity contribution >= 4 is 11.5 Å². The molecule has 0 aromatic carbocycles. The lowest BCUT2D eigenvalue weighted by molar-refractivity contribution is -0.384. The first-order chi connectivity index (χ1) is 8.61. The van der Waals surface area contributed by atoms with Crippen LogP contribution in [0.1, 0.15) is 20.3 Å². The molecule has 0 aliphatic rings. The summed E-state index contributed by atoms with van der Waals surface area (Å²) in [6, 6.07) is 2.99. The Morgan fingerprint density at radius 2 is 2.33 bits per heavy atom. The summed E-state index contributed by atoms with van der Waals surface area (Å²) in [7, 11) is 0. The summed E-state index contributed by atoms with van der Waals surface area (Å²) in [4.78, 5) is 14.2. The van der Waals surface area contributed by atoms with Crippen LogP contribution < -0.4 is 5.32 Å². The molecule has 1 N–H and O–H groups in total. The highest BCUT2D eigenvalue weighted by atomic mass is 16.6. The topological polar surface area (TPSA) is 77.3 Å². The summed E-state index contributed by atoms with van der Waals surface area (Å²) in [6.07, 6.45) is 2.32. The molecule has 0 saturated heterocycles. The van der Waals surface area contributed by atoms with Gasteiger partial charge in [-0.1, -0.05) is 13.8 Å². The molecule has 1 heterocycles. The molecule has 0 fully saturated rings. The number of anilines is 1. The molecule has 0 atom stereocenters. The first-order valence-electron chi connectivity index (χ1n) is 6.02. The van der Waals surface area contributed by atoms with Crippen molar-refractivity contribution in [2.75, 3.05) is 25.1 Å². The van der Waals surface area contributed by atoms with Crippen molar-refractivity contribution in [1.29, 1.82) is 0 Å². The average molecular weight is 253 g/mol. The molecular weight excluding hydrogens is 234 g/mol. The Kier molecular flexibility index (Phi) is 6.07. The van der Waals surface area contributed by atoms with Crippen molar-refractivity contribution in [3.05, 3.63) is 28.4 Å². The Morgan fingerprint density at radius 1 is 1.56 bits per heavy atom. The standard InChI is InChI=1S/C12H19N3O3/c1-10(2)9-18-8-4-7-14-12-11(15(16)17)5-3-6-13-12/h3,5-6,10H,4,7-9H2,1-2H3,(H,13,14). The normalized spacial score (nSPS) is 10.6. The molecule has 1 aromatic heterocycles. The quantitative estimate of drug-likeness (QED) is 0.437. The van der Waals surface area contributed by atoms with E-state index in [1.54, 1.807) is 6.07 Å². The highest BCUT2D eigenvalue weighted by molar-refractivity contribution is 5.54. The predicted octanol–water partition coefficient (Wildman–Crippen LogP) is 2.46. The van der Waals surface area contributed by atoms with Crippen LogP contribution in [0.5, 0.6) is 0 Å². The van der Waals surface area contributed by atoms with E-state index in [0.29, 0.717) is 24.9 Å². The van der Waals surface area contributed by atoms with Crippen LogP contribution in [0.15, 0.2) is 18.3 Å². The van der Waals surface area contributed by atoms with Crippen LogP contribution in [0, 0.1) is 16.0 Å². The highest BCUT2D eigenvalue weighted by Gasteiger charge is 2.12. The molecule has 0 aliphatic carbocycles. The summed E-state index contributed by atoms with van der Waals surface area (Å²) in [5.74, 6) is 0.834. The predicted molar refractivity (Wildman–Crippen MR) is 69.7 cm³/mol. The monoisotopic (exact) mass is 253 g/mol. The molecule has 0 saturated carbocycles. The smallest absolute Gasteiger partial charge is 0.311 e. The molecule has 6 nitrogen and oxygen atoms in total. The number of nitrogens with zero attached hydrogens (tertiary/aromatic N) is 2. The van der Waals surface area contributed by atoms with E-state index in [1.807, 2.05) is 0 Å². The van der Waals surface area contributed by atoms with Gasteiger partial charge in [0.1, 0.15) is 0 Å². The third kappa shape index (κ3) is 5.09. The van der Waals surface area contributed by atoms with Gasteiger partial charge in [0.15, 0.2) is 0 Å². The first kappa shape index (κ1) is 14.4. The van der Waals surface area contributed by atoms with E-state index < -0.39 is 4.92 Å². The molecule has 1 aromatic rings. The van der Waals surface area contributed by atoms with E-state index in [9.17, 15) is 10.1 Å². The second kappa shape index (κ2) is 7.60. The van der Waals surface area contributed by atoms with Gasteiger partial charge in [0, 0.05) is 32.0 Å². The summed E-state index contributed by atoms with van der Waals surface area (Å²) in [5.41, 5.74) is 0.000554. The molecule has 6 heteroatoms. The molecule has 0 aliphatic heterocycles. The molecule has 18 heavy (non-hydrogen) atoms. The minimum absolute atomic E-state index is 0.000554. The maximum Gasteiger partial charge on any atom is 0.311 e. The first-order valence-corrected chi connectivity index (χ1v) is 6.02. The fourth-order valence-electron chi connectivity index (χ4n) is 1.38. The van der Waals surface area contributed by atoms with E-state index >= 15 is 0 Å². The number of rotatable bonds is 8. The van der Waals surface area contributed by atoms with Crippen molar-refractivity contribution in [2.45, 2.75) is 20.3 Å². The largest absolute Gasteiger partial charge is 0.381 e. The number of hydrogen-bond donors (Lipinski definition) is 1. The van der Waals surface area contributed by atoms with Crippen molar-refractivity contribution < 1.29 is 9.66 Å². The number of hydrogen-bond acceptors (Lipinski definition) is 5. The van der Waals surface area contributed by atoms with Gasteiger partial charge in [-0.15, -0.1) is 0 Å². The summed E-state index contributed by atoms with van der Waals surface area (Å²) >= 11 is 0. The molecule has 0 radical (unpaired) electrons. The van der Waals surface area contributed by atoms with Crippen LogP contribution in [-0.4, -0.2) is 29.7 Å². The second-order valence-electron chi connectivity index (χ2n) is 4.38. The van der Waals surface area contributed by atoms with Crippen molar-refractivity contribution in [3.63, 3.8) is 0 Å². The number of ether oxygens (including phenoxy) is 1. The minimum Gasteiger partial charge on any atom is -0.381 e. The van der Waals surface area contributed by atoms with Crippen LogP contribution in [0.4, 0.5) is 11.5 Å². The van der Waals surface area contributed by atoms with E-state index in [-0.39, 0.29) is 5.69 Å². The van der Waals surface area contributed by atoms with E-state index in [1.165, 1.54) is 12.3 Å². The maximum atomic E-state index is 10.7. The minimum atomic E-state index is -0.440. The summed E-state index contributed by atoms with van der Waals surface area (Å²) in [6.45, 7) is 6.18. The van der Waals surface area contributed by atoms with Crippen LogP contribution in [0.25, 0.3) is 0 Å². The van der Waals surface area contributed by atoms with Gasteiger partial charge >= 0.3 is 5.69 Å². The van der Waals surface area contributed by atoms with Gasteiger partial charge in [-0.2, -0.15) is 0 Å². The van der Waals surface area contributed by atoms with Gasteiger partial charge in [-0.05, 0) is 18.4 Å². The van der Waals surface area contributed by atoms with E-state index in [2.05, 4.69) is 24.1 Å². The zero-order valence-corrected chi connectivity index (χ0v) is 10.8. The lowest BCUT2D eigenvalue weighted by atomic mass is 10.2.